The summed E-state index contributed by atoms with van der Waals surface area (Å²) in [5.41, 5.74) is 2.66. The quantitative estimate of drug-likeness (QED) is 0.439. The molecule has 3 heteroatoms. The van der Waals surface area contributed by atoms with Crippen LogP contribution in [0.15, 0.2) is 17.7 Å². The molecule has 0 amide bonds. The molecule has 1 unspecified atom stereocenters. The minimum Gasteiger partial charge on any atom is -0.504 e. The number of rotatable bonds is 4. The summed E-state index contributed by atoms with van der Waals surface area (Å²) >= 11 is 0. The van der Waals surface area contributed by atoms with Crippen molar-refractivity contribution >= 4 is 0 Å². The molecular weight excluding hydrogens is 300 g/mol. The summed E-state index contributed by atoms with van der Waals surface area (Å²) in [6, 6.07) is 1.95. The third-order valence-electron chi connectivity index (χ3n) is 5.75. The molecule has 1 aliphatic heterocycles. The molecule has 1 aromatic rings. The van der Waals surface area contributed by atoms with Gasteiger partial charge in [0.2, 0.25) is 0 Å². The molecule has 0 fully saturated rings. The Morgan fingerprint density at radius 1 is 1.21 bits per heavy atom. The monoisotopic (exact) mass is 330 g/mol. The number of allylic oxidation sites excluding steroid dienone is 2. The van der Waals surface area contributed by atoms with Crippen LogP contribution in [-0.2, 0) is 6.42 Å². The van der Waals surface area contributed by atoms with Crippen molar-refractivity contribution in [2.75, 3.05) is 0 Å². The lowest BCUT2D eigenvalue weighted by Crippen LogP contribution is -2.45. The Hall–Kier alpha value is -1.64. The van der Waals surface area contributed by atoms with Crippen LogP contribution < -0.4 is 4.74 Å². The molecule has 2 N–H and O–H groups in total. The van der Waals surface area contributed by atoms with Gasteiger partial charge >= 0.3 is 0 Å². The average molecular weight is 330 g/mol. The van der Waals surface area contributed by atoms with Crippen molar-refractivity contribution in [3.05, 3.63) is 28.8 Å². The summed E-state index contributed by atoms with van der Waals surface area (Å²) in [5, 5.41) is 21.2. The van der Waals surface area contributed by atoms with E-state index in [0.29, 0.717) is 5.92 Å². The zero-order valence-corrected chi connectivity index (χ0v) is 15.4. The normalized spacial score (nSPS) is 24.6. The van der Waals surface area contributed by atoms with Crippen LogP contribution in [0, 0.1) is 5.92 Å². The van der Waals surface area contributed by atoms with E-state index < -0.39 is 0 Å². The highest BCUT2D eigenvalue weighted by Gasteiger charge is 2.45. The molecule has 2 aliphatic rings. The molecule has 1 heterocycles. The number of aryl methyl sites for hydroxylation is 1. The first-order chi connectivity index (χ1) is 11.3. The second kappa shape index (κ2) is 6.34. The summed E-state index contributed by atoms with van der Waals surface area (Å²) in [6.45, 7) is 8.59. The Morgan fingerprint density at radius 3 is 2.67 bits per heavy atom. The number of unbranched alkanes of at least 4 members (excludes halogenated alkanes) is 2. The minimum atomic E-state index is -0.265. The molecule has 2 atom stereocenters. The van der Waals surface area contributed by atoms with E-state index in [1.54, 1.807) is 0 Å². The van der Waals surface area contributed by atoms with Crippen molar-refractivity contribution < 1.29 is 14.9 Å². The van der Waals surface area contributed by atoms with Crippen molar-refractivity contribution in [2.24, 2.45) is 5.92 Å². The summed E-state index contributed by atoms with van der Waals surface area (Å²) < 4.78 is 6.31. The predicted molar refractivity (Wildman–Crippen MR) is 96.9 cm³/mol. The van der Waals surface area contributed by atoms with Gasteiger partial charge in [0.05, 0.1) is 0 Å². The van der Waals surface area contributed by atoms with Gasteiger partial charge in [-0.2, -0.15) is 0 Å². The van der Waals surface area contributed by atoms with Crippen molar-refractivity contribution in [1.82, 2.24) is 0 Å². The van der Waals surface area contributed by atoms with E-state index in [2.05, 4.69) is 33.8 Å². The standard InChI is InChI=1S/C21H30O3/c1-5-6-7-8-14-12-17-18(20(23)19(14)22)15-11-13(2)9-10-16(15)21(3,4)24-17/h11-12,15-16,22-23H,5-10H2,1-4H3/t15?,16-/m1/s1. The molecule has 0 saturated heterocycles. The number of phenolic OH excluding ortho intramolecular Hbond substituents is 2. The van der Waals surface area contributed by atoms with Crippen LogP contribution in [0.1, 0.15) is 76.8 Å². The van der Waals surface area contributed by atoms with Crippen LogP contribution in [0.3, 0.4) is 0 Å². The van der Waals surface area contributed by atoms with Gasteiger partial charge in [0.25, 0.3) is 0 Å². The first kappa shape index (κ1) is 17.2. The van der Waals surface area contributed by atoms with Gasteiger partial charge in [0.1, 0.15) is 11.4 Å². The van der Waals surface area contributed by atoms with Crippen molar-refractivity contribution in [3.63, 3.8) is 0 Å². The maximum atomic E-state index is 10.7. The highest BCUT2D eigenvalue weighted by atomic mass is 16.5. The van der Waals surface area contributed by atoms with Gasteiger partial charge in [-0.3, -0.25) is 0 Å². The van der Waals surface area contributed by atoms with Crippen LogP contribution in [0.4, 0.5) is 0 Å². The van der Waals surface area contributed by atoms with E-state index >= 15 is 0 Å². The van der Waals surface area contributed by atoms with E-state index in [4.69, 9.17) is 4.74 Å². The molecule has 1 aliphatic carbocycles. The second-order valence-corrected chi connectivity index (χ2v) is 7.99. The van der Waals surface area contributed by atoms with Gasteiger partial charge in [-0.1, -0.05) is 31.4 Å². The van der Waals surface area contributed by atoms with E-state index in [1.807, 2.05) is 6.07 Å². The first-order valence-corrected chi connectivity index (χ1v) is 9.29. The molecule has 3 rings (SSSR count). The van der Waals surface area contributed by atoms with Crippen LogP contribution >= 0.6 is 0 Å². The Bertz CT molecular complexity index is 658. The maximum Gasteiger partial charge on any atom is 0.165 e. The highest BCUT2D eigenvalue weighted by Crippen LogP contribution is 2.55. The molecule has 1 aromatic carbocycles. The highest BCUT2D eigenvalue weighted by molar-refractivity contribution is 5.61. The summed E-state index contributed by atoms with van der Waals surface area (Å²) in [4.78, 5) is 0. The zero-order valence-electron chi connectivity index (χ0n) is 15.4. The molecule has 0 radical (unpaired) electrons. The average Bonchev–Trinajstić information content (AvgIpc) is 2.51. The molecule has 0 aromatic heterocycles. The van der Waals surface area contributed by atoms with Crippen LogP contribution in [0.25, 0.3) is 0 Å². The SMILES string of the molecule is CCCCCc1cc2c(c(O)c1O)C1C=C(C)CC[C@H]1C(C)(C)O2. The fourth-order valence-corrected chi connectivity index (χ4v) is 4.36. The Balaban J connectivity index is 2.06. The molecular formula is C21H30O3. The molecule has 3 nitrogen and oxygen atoms in total. The smallest absolute Gasteiger partial charge is 0.165 e. The number of fused-ring (bicyclic) bond motifs is 3. The second-order valence-electron chi connectivity index (χ2n) is 7.99. The van der Waals surface area contributed by atoms with E-state index in [-0.39, 0.29) is 23.0 Å². The van der Waals surface area contributed by atoms with Crippen molar-refractivity contribution in [2.45, 2.75) is 77.7 Å². The molecule has 0 saturated carbocycles. The first-order valence-electron chi connectivity index (χ1n) is 9.29. The molecule has 132 valence electrons. The van der Waals surface area contributed by atoms with Gasteiger partial charge in [-0.05, 0) is 52.5 Å². The molecule has 24 heavy (non-hydrogen) atoms. The van der Waals surface area contributed by atoms with Gasteiger partial charge in [-0.15, -0.1) is 0 Å². The third kappa shape index (κ3) is 2.89. The van der Waals surface area contributed by atoms with Gasteiger partial charge in [0, 0.05) is 23.0 Å². The summed E-state index contributed by atoms with van der Waals surface area (Å²) in [5.74, 6) is 1.26. The molecule has 0 spiro atoms. The van der Waals surface area contributed by atoms with Gasteiger partial charge < -0.3 is 14.9 Å². The summed E-state index contributed by atoms with van der Waals surface area (Å²) in [6.07, 6.45) is 8.42. The van der Waals surface area contributed by atoms with Crippen molar-refractivity contribution in [1.29, 1.82) is 0 Å². The maximum absolute atomic E-state index is 10.7. The van der Waals surface area contributed by atoms with Crippen LogP contribution in [0.2, 0.25) is 0 Å². The zero-order chi connectivity index (χ0) is 17.5. The number of ether oxygens (including phenoxy) is 1. The Kier molecular flexibility index (Phi) is 4.54. The lowest BCUT2D eigenvalue weighted by atomic mass is 9.68. The van der Waals surface area contributed by atoms with Gasteiger partial charge in [-0.25, -0.2) is 0 Å². The summed E-state index contributed by atoms with van der Waals surface area (Å²) in [7, 11) is 0. The largest absolute Gasteiger partial charge is 0.504 e. The number of hydrogen-bond acceptors (Lipinski definition) is 3. The number of benzene rings is 1. The minimum absolute atomic E-state index is 0.0236. The fraction of sp³-hybridized carbons (Fsp3) is 0.619. The van der Waals surface area contributed by atoms with E-state index in [1.165, 1.54) is 5.57 Å². The molecule has 0 bridgehead atoms. The number of hydrogen-bond donors (Lipinski definition) is 2. The lowest BCUT2D eigenvalue weighted by molar-refractivity contribution is 0.0105. The van der Waals surface area contributed by atoms with E-state index in [0.717, 1.165) is 55.4 Å². The number of phenols is 2. The lowest BCUT2D eigenvalue weighted by Gasteiger charge is -2.46. The van der Waals surface area contributed by atoms with Crippen LogP contribution in [-0.4, -0.2) is 15.8 Å². The van der Waals surface area contributed by atoms with Crippen molar-refractivity contribution in [3.8, 4) is 17.2 Å². The Labute approximate surface area is 145 Å². The topological polar surface area (TPSA) is 49.7 Å². The third-order valence-corrected chi connectivity index (χ3v) is 5.75. The fourth-order valence-electron chi connectivity index (χ4n) is 4.36. The Morgan fingerprint density at radius 2 is 1.96 bits per heavy atom. The van der Waals surface area contributed by atoms with E-state index in [9.17, 15) is 10.2 Å². The van der Waals surface area contributed by atoms with Gasteiger partial charge in [0.15, 0.2) is 11.5 Å². The van der Waals surface area contributed by atoms with Crippen LogP contribution in [0.5, 0.6) is 17.2 Å². The predicted octanol–water partition coefficient (Wildman–Crippen LogP) is 5.44. The number of aromatic hydroxyl groups is 2.